The van der Waals surface area contributed by atoms with Crippen LogP contribution in [0.3, 0.4) is 0 Å². The van der Waals surface area contributed by atoms with Gasteiger partial charge < -0.3 is 4.74 Å². The van der Waals surface area contributed by atoms with E-state index in [2.05, 4.69) is 35.1 Å². The van der Waals surface area contributed by atoms with E-state index in [9.17, 15) is 4.79 Å². The topological polar surface area (TPSA) is 26.3 Å². The van der Waals surface area contributed by atoms with Crippen LogP contribution in [0, 0.1) is 0 Å². The van der Waals surface area contributed by atoms with Crippen molar-refractivity contribution in [1.29, 1.82) is 0 Å². The summed E-state index contributed by atoms with van der Waals surface area (Å²) in [5, 5.41) is 4.81. The van der Waals surface area contributed by atoms with Crippen molar-refractivity contribution < 1.29 is 9.53 Å². The predicted octanol–water partition coefficient (Wildman–Crippen LogP) is 4.74. The molecule has 3 aromatic rings. The van der Waals surface area contributed by atoms with E-state index in [4.69, 9.17) is 0 Å². The van der Waals surface area contributed by atoms with Crippen LogP contribution in [0.4, 0.5) is 0 Å². The van der Waals surface area contributed by atoms with Crippen LogP contribution >= 0.6 is 0 Å². The SMILES string of the molecule is COC(=O)/C=C/C=C\c1c2ccccc2cc2ccccc12. The molecule has 0 spiro atoms. The van der Waals surface area contributed by atoms with E-state index in [1.807, 2.05) is 36.4 Å². The zero-order chi connectivity index (χ0) is 15.4. The molecule has 0 saturated carbocycles. The van der Waals surface area contributed by atoms with Crippen molar-refractivity contribution in [2.24, 2.45) is 0 Å². The van der Waals surface area contributed by atoms with Gasteiger partial charge in [0, 0.05) is 6.08 Å². The first kappa shape index (κ1) is 14.1. The highest BCUT2D eigenvalue weighted by Gasteiger charge is 2.04. The van der Waals surface area contributed by atoms with Gasteiger partial charge in [-0.15, -0.1) is 0 Å². The van der Waals surface area contributed by atoms with E-state index < -0.39 is 0 Å². The second-order valence-corrected chi connectivity index (χ2v) is 4.97. The van der Waals surface area contributed by atoms with Gasteiger partial charge in [-0.3, -0.25) is 0 Å². The first-order valence-corrected chi connectivity index (χ1v) is 7.13. The first-order valence-electron chi connectivity index (χ1n) is 7.13. The molecular weight excluding hydrogens is 272 g/mol. The minimum absolute atomic E-state index is 0.354. The fraction of sp³-hybridized carbons (Fsp3) is 0.0500. The average molecular weight is 288 g/mol. The molecular formula is C20H16O2. The highest BCUT2D eigenvalue weighted by Crippen LogP contribution is 2.29. The van der Waals surface area contributed by atoms with Gasteiger partial charge in [0.2, 0.25) is 0 Å². The Morgan fingerprint density at radius 1 is 0.909 bits per heavy atom. The predicted molar refractivity (Wildman–Crippen MR) is 91.6 cm³/mol. The van der Waals surface area contributed by atoms with E-state index in [1.165, 1.54) is 34.7 Å². The maximum Gasteiger partial charge on any atom is 0.330 e. The van der Waals surface area contributed by atoms with Crippen LogP contribution in [-0.2, 0) is 9.53 Å². The number of fused-ring (bicyclic) bond motifs is 2. The van der Waals surface area contributed by atoms with Gasteiger partial charge in [0.1, 0.15) is 0 Å². The van der Waals surface area contributed by atoms with Crippen LogP contribution < -0.4 is 0 Å². The molecule has 0 heterocycles. The number of hydrogen-bond acceptors (Lipinski definition) is 2. The number of methoxy groups -OCH3 is 1. The molecule has 0 aliphatic carbocycles. The molecule has 0 aliphatic heterocycles. The molecule has 108 valence electrons. The van der Waals surface area contributed by atoms with E-state index >= 15 is 0 Å². The van der Waals surface area contributed by atoms with Gasteiger partial charge in [0.15, 0.2) is 0 Å². The Morgan fingerprint density at radius 2 is 1.50 bits per heavy atom. The van der Waals surface area contributed by atoms with Crippen molar-refractivity contribution in [3.63, 3.8) is 0 Å². The first-order chi connectivity index (χ1) is 10.8. The molecule has 0 atom stereocenters. The van der Waals surface area contributed by atoms with Crippen LogP contribution in [-0.4, -0.2) is 13.1 Å². The molecule has 0 radical (unpaired) electrons. The molecule has 0 saturated heterocycles. The Kier molecular flexibility index (Phi) is 4.01. The number of allylic oxidation sites excluding steroid dienone is 2. The van der Waals surface area contributed by atoms with Gasteiger partial charge in [-0.05, 0) is 33.2 Å². The summed E-state index contributed by atoms with van der Waals surface area (Å²) in [7, 11) is 1.37. The Balaban J connectivity index is 2.14. The average Bonchev–Trinajstić information content (AvgIpc) is 2.57. The summed E-state index contributed by atoms with van der Waals surface area (Å²) >= 11 is 0. The fourth-order valence-electron chi connectivity index (χ4n) is 2.58. The van der Waals surface area contributed by atoms with Crippen molar-refractivity contribution in [3.05, 3.63) is 78.4 Å². The normalized spacial score (nSPS) is 11.7. The van der Waals surface area contributed by atoms with Crippen molar-refractivity contribution in [2.45, 2.75) is 0 Å². The molecule has 2 heteroatoms. The van der Waals surface area contributed by atoms with E-state index in [-0.39, 0.29) is 5.97 Å². The molecule has 0 amide bonds. The Hall–Kier alpha value is -2.87. The minimum atomic E-state index is -0.354. The van der Waals surface area contributed by atoms with Gasteiger partial charge in [-0.2, -0.15) is 0 Å². The molecule has 0 aromatic heterocycles. The molecule has 0 unspecified atom stereocenters. The molecule has 0 bridgehead atoms. The Morgan fingerprint density at radius 3 is 2.09 bits per heavy atom. The maximum atomic E-state index is 11.1. The third-order valence-corrected chi connectivity index (χ3v) is 3.62. The molecule has 0 fully saturated rings. The number of hydrogen-bond donors (Lipinski definition) is 0. The number of ether oxygens (including phenoxy) is 1. The number of carbonyl (C=O) groups excluding carboxylic acids is 1. The van der Waals surface area contributed by atoms with Crippen LogP contribution in [0.2, 0.25) is 0 Å². The summed E-state index contributed by atoms with van der Waals surface area (Å²) in [5.74, 6) is -0.354. The highest BCUT2D eigenvalue weighted by molar-refractivity contribution is 6.06. The number of esters is 1. The lowest BCUT2D eigenvalue weighted by molar-refractivity contribution is -0.134. The summed E-state index contributed by atoms with van der Waals surface area (Å²) in [5.41, 5.74) is 1.16. The standard InChI is InChI=1S/C20H16O2/c1-22-20(21)13-7-6-12-19-17-10-4-2-8-15(17)14-16-9-3-5-11-18(16)19/h2-14H,1H3/b12-6-,13-7+. The smallest absolute Gasteiger partial charge is 0.330 e. The lowest BCUT2D eigenvalue weighted by atomic mass is 9.96. The minimum Gasteiger partial charge on any atom is -0.466 e. The zero-order valence-corrected chi connectivity index (χ0v) is 12.3. The van der Waals surface area contributed by atoms with Crippen LogP contribution in [0.5, 0.6) is 0 Å². The van der Waals surface area contributed by atoms with Crippen LogP contribution in [0.15, 0.2) is 72.8 Å². The third-order valence-electron chi connectivity index (χ3n) is 3.62. The lowest BCUT2D eigenvalue weighted by Gasteiger charge is -2.08. The van der Waals surface area contributed by atoms with Crippen LogP contribution in [0.1, 0.15) is 5.56 Å². The third kappa shape index (κ3) is 2.77. The number of carbonyl (C=O) groups is 1. The number of rotatable bonds is 3. The van der Waals surface area contributed by atoms with Gasteiger partial charge in [-0.25, -0.2) is 4.79 Å². The van der Waals surface area contributed by atoms with E-state index in [0.29, 0.717) is 0 Å². The van der Waals surface area contributed by atoms with Gasteiger partial charge in [0.05, 0.1) is 7.11 Å². The Labute approximate surface area is 129 Å². The summed E-state index contributed by atoms with van der Waals surface area (Å²) in [4.78, 5) is 11.1. The molecule has 0 aliphatic rings. The summed E-state index contributed by atoms with van der Waals surface area (Å²) < 4.78 is 4.58. The van der Waals surface area contributed by atoms with Gasteiger partial charge in [-0.1, -0.05) is 66.8 Å². The van der Waals surface area contributed by atoms with E-state index in [1.54, 1.807) is 6.08 Å². The fourth-order valence-corrected chi connectivity index (χ4v) is 2.58. The molecule has 3 aromatic carbocycles. The van der Waals surface area contributed by atoms with E-state index in [0.717, 1.165) is 5.56 Å². The van der Waals surface area contributed by atoms with Gasteiger partial charge >= 0.3 is 5.97 Å². The van der Waals surface area contributed by atoms with Crippen molar-refractivity contribution in [2.75, 3.05) is 7.11 Å². The summed E-state index contributed by atoms with van der Waals surface area (Å²) in [6.07, 6.45) is 7.00. The second kappa shape index (κ2) is 6.27. The van der Waals surface area contributed by atoms with Crippen molar-refractivity contribution >= 4 is 33.6 Å². The largest absolute Gasteiger partial charge is 0.466 e. The molecule has 2 nitrogen and oxygen atoms in total. The lowest BCUT2D eigenvalue weighted by Crippen LogP contribution is -1.92. The Bertz CT molecular complexity index is 834. The van der Waals surface area contributed by atoms with Gasteiger partial charge in [0.25, 0.3) is 0 Å². The zero-order valence-electron chi connectivity index (χ0n) is 12.3. The van der Waals surface area contributed by atoms with Crippen LogP contribution in [0.25, 0.3) is 27.6 Å². The maximum absolute atomic E-state index is 11.1. The summed E-state index contributed by atoms with van der Waals surface area (Å²) in [6, 6.07) is 18.8. The highest BCUT2D eigenvalue weighted by atomic mass is 16.5. The summed E-state index contributed by atoms with van der Waals surface area (Å²) in [6.45, 7) is 0. The molecule has 3 rings (SSSR count). The molecule has 22 heavy (non-hydrogen) atoms. The number of benzene rings is 3. The van der Waals surface area contributed by atoms with Crippen molar-refractivity contribution in [3.8, 4) is 0 Å². The molecule has 0 N–H and O–H groups in total. The van der Waals surface area contributed by atoms with Crippen molar-refractivity contribution in [1.82, 2.24) is 0 Å². The second-order valence-electron chi connectivity index (χ2n) is 4.97. The quantitative estimate of drug-likeness (QED) is 0.301. The monoisotopic (exact) mass is 288 g/mol.